The monoisotopic (exact) mass is 194 g/mol. The standard InChI is InChI=1S/C9H10N2OS/c1-5-2-6(4-12)3-7-8(5)11-9(10)13-7/h2-3,12H,4H2,1H3,(H2,10,11). The van der Waals surface area contributed by atoms with E-state index in [1.165, 1.54) is 11.3 Å². The molecule has 4 heteroatoms. The number of nitrogens with two attached hydrogens (primary N) is 1. The maximum Gasteiger partial charge on any atom is 0.181 e. The fourth-order valence-corrected chi connectivity index (χ4v) is 2.25. The molecule has 0 fully saturated rings. The summed E-state index contributed by atoms with van der Waals surface area (Å²) in [6.07, 6.45) is 0. The van der Waals surface area contributed by atoms with Gasteiger partial charge in [-0.25, -0.2) is 4.98 Å². The zero-order valence-electron chi connectivity index (χ0n) is 7.24. The fraction of sp³-hybridized carbons (Fsp3) is 0.222. The number of aliphatic hydroxyl groups excluding tert-OH is 1. The zero-order chi connectivity index (χ0) is 9.42. The summed E-state index contributed by atoms with van der Waals surface area (Å²) >= 11 is 1.45. The van der Waals surface area contributed by atoms with Gasteiger partial charge in [-0.2, -0.15) is 0 Å². The number of hydrogen-bond donors (Lipinski definition) is 2. The highest BCUT2D eigenvalue weighted by Gasteiger charge is 2.05. The fourth-order valence-electron chi connectivity index (χ4n) is 1.38. The lowest BCUT2D eigenvalue weighted by Gasteiger charge is -1.98. The highest BCUT2D eigenvalue weighted by atomic mass is 32.1. The molecule has 2 aromatic rings. The minimum atomic E-state index is 0.0641. The van der Waals surface area contributed by atoms with Crippen molar-refractivity contribution in [3.63, 3.8) is 0 Å². The van der Waals surface area contributed by atoms with Crippen LogP contribution in [0, 0.1) is 6.92 Å². The minimum absolute atomic E-state index is 0.0641. The first-order valence-electron chi connectivity index (χ1n) is 3.97. The van der Waals surface area contributed by atoms with Crippen molar-refractivity contribution in [2.75, 3.05) is 5.73 Å². The molecular weight excluding hydrogens is 184 g/mol. The van der Waals surface area contributed by atoms with Crippen LogP contribution in [0.15, 0.2) is 12.1 Å². The van der Waals surface area contributed by atoms with Gasteiger partial charge in [-0.1, -0.05) is 17.4 Å². The highest BCUT2D eigenvalue weighted by Crippen LogP contribution is 2.27. The first kappa shape index (κ1) is 8.47. The molecular formula is C9H10N2OS. The number of aromatic nitrogens is 1. The summed E-state index contributed by atoms with van der Waals surface area (Å²) in [4.78, 5) is 4.20. The lowest BCUT2D eigenvalue weighted by atomic mass is 10.1. The van der Waals surface area contributed by atoms with Gasteiger partial charge in [0.1, 0.15) is 0 Å². The summed E-state index contributed by atoms with van der Waals surface area (Å²) in [6, 6.07) is 3.86. The number of anilines is 1. The van der Waals surface area contributed by atoms with E-state index in [1.807, 2.05) is 19.1 Å². The number of hydrogen-bond acceptors (Lipinski definition) is 4. The third kappa shape index (κ3) is 1.38. The Balaban J connectivity index is 2.75. The molecule has 2 rings (SSSR count). The van der Waals surface area contributed by atoms with E-state index in [9.17, 15) is 0 Å². The number of aryl methyl sites for hydroxylation is 1. The Morgan fingerprint density at radius 1 is 1.54 bits per heavy atom. The maximum absolute atomic E-state index is 8.98. The topological polar surface area (TPSA) is 59.1 Å². The average Bonchev–Trinajstić information content (AvgIpc) is 2.46. The zero-order valence-corrected chi connectivity index (χ0v) is 8.06. The van der Waals surface area contributed by atoms with Gasteiger partial charge in [0, 0.05) is 0 Å². The molecule has 0 saturated heterocycles. The van der Waals surface area contributed by atoms with Crippen LogP contribution in [-0.2, 0) is 6.61 Å². The van der Waals surface area contributed by atoms with Gasteiger partial charge in [-0.05, 0) is 24.1 Å². The Morgan fingerprint density at radius 2 is 2.31 bits per heavy atom. The number of nitrogens with zero attached hydrogens (tertiary/aromatic N) is 1. The number of nitrogen functional groups attached to an aromatic ring is 1. The first-order valence-corrected chi connectivity index (χ1v) is 4.79. The van der Waals surface area contributed by atoms with Gasteiger partial charge in [0.2, 0.25) is 0 Å². The van der Waals surface area contributed by atoms with Gasteiger partial charge in [-0.15, -0.1) is 0 Å². The van der Waals surface area contributed by atoms with Gasteiger partial charge in [-0.3, -0.25) is 0 Å². The van der Waals surface area contributed by atoms with Crippen molar-refractivity contribution in [3.05, 3.63) is 23.3 Å². The van der Waals surface area contributed by atoms with Crippen molar-refractivity contribution in [2.24, 2.45) is 0 Å². The van der Waals surface area contributed by atoms with E-state index in [-0.39, 0.29) is 6.61 Å². The van der Waals surface area contributed by atoms with Crippen LogP contribution in [0.5, 0.6) is 0 Å². The molecule has 68 valence electrons. The molecule has 0 aliphatic carbocycles. The molecule has 0 spiro atoms. The molecule has 0 aliphatic rings. The van der Waals surface area contributed by atoms with Crippen LogP contribution >= 0.6 is 11.3 Å². The summed E-state index contributed by atoms with van der Waals surface area (Å²) in [6.45, 7) is 2.04. The molecule has 3 N–H and O–H groups in total. The van der Waals surface area contributed by atoms with Crippen LogP contribution in [-0.4, -0.2) is 10.1 Å². The summed E-state index contributed by atoms with van der Waals surface area (Å²) in [5.74, 6) is 0. The molecule has 0 radical (unpaired) electrons. The number of thiazole rings is 1. The van der Waals surface area contributed by atoms with Crippen LogP contribution in [0.3, 0.4) is 0 Å². The smallest absolute Gasteiger partial charge is 0.181 e. The van der Waals surface area contributed by atoms with Gasteiger partial charge in [0.25, 0.3) is 0 Å². The summed E-state index contributed by atoms with van der Waals surface area (Å²) in [5.41, 5.74) is 8.52. The van der Waals surface area contributed by atoms with E-state index in [1.54, 1.807) is 0 Å². The van der Waals surface area contributed by atoms with E-state index in [4.69, 9.17) is 10.8 Å². The maximum atomic E-state index is 8.98. The number of benzene rings is 1. The third-order valence-corrected chi connectivity index (χ3v) is 2.78. The molecule has 3 nitrogen and oxygen atoms in total. The molecule has 0 atom stereocenters. The summed E-state index contributed by atoms with van der Waals surface area (Å²) < 4.78 is 1.04. The summed E-state index contributed by atoms with van der Waals surface area (Å²) in [5, 5.41) is 9.56. The second-order valence-electron chi connectivity index (χ2n) is 2.97. The predicted molar refractivity (Wildman–Crippen MR) is 54.7 cm³/mol. The van der Waals surface area contributed by atoms with Crippen LogP contribution in [0.2, 0.25) is 0 Å². The van der Waals surface area contributed by atoms with Gasteiger partial charge in [0.15, 0.2) is 5.13 Å². The van der Waals surface area contributed by atoms with Crippen molar-refractivity contribution in [2.45, 2.75) is 13.5 Å². The number of rotatable bonds is 1. The SMILES string of the molecule is Cc1cc(CO)cc2sc(N)nc12. The lowest BCUT2D eigenvalue weighted by Crippen LogP contribution is -1.85. The normalized spacial score (nSPS) is 10.9. The Hall–Kier alpha value is -1.13. The van der Waals surface area contributed by atoms with E-state index in [0.717, 1.165) is 21.3 Å². The number of aliphatic hydroxyl groups is 1. The van der Waals surface area contributed by atoms with Crippen LogP contribution in [0.4, 0.5) is 5.13 Å². The largest absolute Gasteiger partial charge is 0.392 e. The van der Waals surface area contributed by atoms with Gasteiger partial charge < -0.3 is 10.8 Å². The van der Waals surface area contributed by atoms with Crippen LogP contribution in [0.1, 0.15) is 11.1 Å². The molecule has 0 bridgehead atoms. The Labute approximate surface area is 79.8 Å². The predicted octanol–water partition coefficient (Wildman–Crippen LogP) is 1.68. The molecule has 0 saturated carbocycles. The molecule has 1 aromatic carbocycles. The van der Waals surface area contributed by atoms with Crippen molar-refractivity contribution >= 4 is 26.7 Å². The molecule has 1 aromatic heterocycles. The van der Waals surface area contributed by atoms with Gasteiger partial charge >= 0.3 is 0 Å². The molecule has 1 heterocycles. The second-order valence-corrected chi connectivity index (χ2v) is 4.03. The number of fused-ring (bicyclic) bond motifs is 1. The molecule has 0 aliphatic heterocycles. The first-order chi connectivity index (χ1) is 6.20. The third-order valence-electron chi connectivity index (χ3n) is 1.94. The lowest BCUT2D eigenvalue weighted by molar-refractivity contribution is 0.282. The van der Waals surface area contributed by atoms with Crippen molar-refractivity contribution < 1.29 is 5.11 Å². The molecule has 0 unspecified atom stereocenters. The Bertz CT molecular complexity index is 450. The Kier molecular flexibility index (Phi) is 1.94. The molecule has 0 amide bonds. The van der Waals surface area contributed by atoms with Gasteiger partial charge in [0.05, 0.1) is 16.8 Å². The van der Waals surface area contributed by atoms with Crippen molar-refractivity contribution in [1.82, 2.24) is 4.98 Å². The van der Waals surface area contributed by atoms with E-state index in [0.29, 0.717) is 5.13 Å². The average molecular weight is 194 g/mol. The quantitative estimate of drug-likeness (QED) is 0.726. The Morgan fingerprint density at radius 3 is 3.00 bits per heavy atom. The van der Waals surface area contributed by atoms with E-state index < -0.39 is 0 Å². The van der Waals surface area contributed by atoms with E-state index in [2.05, 4.69) is 4.98 Å². The van der Waals surface area contributed by atoms with Crippen LogP contribution in [0.25, 0.3) is 10.2 Å². The summed E-state index contributed by atoms with van der Waals surface area (Å²) in [7, 11) is 0. The van der Waals surface area contributed by atoms with Crippen molar-refractivity contribution in [1.29, 1.82) is 0 Å². The molecule has 13 heavy (non-hydrogen) atoms. The van der Waals surface area contributed by atoms with Crippen molar-refractivity contribution in [3.8, 4) is 0 Å². The second kappa shape index (κ2) is 2.97. The highest BCUT2D eigenvalue weighted by molar-refractivity contribution is 7.22. The minimum Gasteiger partial charge on any atom is -0.392 e. The van der Waals surface area contributed by atoms with Crippen LogP contribution < -0.4 is 5.73 Å². The van der Waals surface area contributed by atoms with E-state index >= 15 is 0 Å².